The van der Waals surface area contributed by atoms with E-state index < -0.39 is 17.7 Å². The molecule has 216 valence electrons. The van der Waals surface area contributed by atoms with E-state index in [1.807, 2.05) is 88.4 Å². The van der Waals surface area contributed by atoms with E-state index >= 15 is 0 Å². The number of aliphatic hydroxyl groups is 1. The van der Waals surface area contributed by atoms with Gasteiger partial charge in [0, 0.05) is 12.1 Å². The molecular weight excluding hydrogens is 514 g/mol. The maximum absolute atomic E-state index is 13.7. The summed E-state index contributed by atoms with van der Waals surface area (Å²) in [6.45, 7) is 15.0. The molecule has 1 unspecified atom stereocenters. The standard InChI is InChI=1S/C35H41NO5/c1-9-41-26-12-10-11-23(18-26)20-36-31(24-13-15-25(16-14-24)35(5,6)7)30(33(38)34(36)39)32(37)28-19-27(21(2)3)29(40-8)17-22(28)4/h10-19,21,31,37H,9,20H2,1-8H3/b32-30+. The van der Waals surface area contributed by atoms with Crippen molar-refractivity contribution in [2.45, 2.75) is 72.4 Å². The summed E-state index contributed by atoms with van der Waals surface area (Å²) in [5, 5.41) is 11.8. The minimum Gasteiger partial charge on any atom is -0.507 e. The molecule has 1 aliphatic heterocycles. The SMILES string of the molecule is CCOc1cccc(CN2C(=O)C(=O)/C(=C(/O)c3cc(C(C)C)c(OC)cc3C)C2c2ccc(C(C)(C)C)cc2)c1. The van der Waals surface area contributed by atoms with E-state index in [4.69, 9.17) is 9.47 Å². The van der Waals surface area contributed by atoms with Gasteiger partial charge in [0.25, 0.3) is 11.7 Å². The van der Waals surface area contributed by atoms with Gasteiger partial charge in [-0.15, -0.1) is 0 Å². The van der Waals surface area contributed by atoms with E-state index in [9.17, 15) is 14.7 Å². The summed E-state index contributed by atoms with van der Waals surface area (Å²) in [4.78, 5) is 28.9. The van der Waals surface area contributed by atoms with Crippen LogP contribution in [-0.2, 0) is 21.5 Å². The number of ketones is 1. The van der Waals surface area contributed by atoms with Crippen LogP contribution in [0.25, 0.3) is 5.76 Å². The molecule has 0 aromatic heterocycles. The molecule has 0 spiro atoms. The van der Waals surface area contributed by atoms with Crippen molar-refractivity contribution in [1.29, 1.82) is 0 Å². The molecule has 1 aliphatic rings. The molecule has 0 bridgehead atoms. The molecular formula is C35H41NO5. The van der Waals surface area contributed by atoms with Crippen LogP contribution in [0.5, 0.6) is 11.5 Å². The number of amides is 1. The number of ether oxygens (including phenoxy) is 2. The van der Waals surface area contributed by atoms with Gasteiger partial charge in [0.05, 0.1) is 25.3 Å². The second kappa shape index (κ2) is 11.8. The Morgan fingerprint density at radius 3 is 2.29 bits per heavy atom. The Hall–Kier alpha value is -4.06. The van der Waals surface area contributed by atoms with Gasteiger partial charge >= 0.3 is 0 Å². The van der Waals surface area contributed by atoms with Crippen LogP contribution in [-0.4, -0.2) is 35.4 Å². The molecule has 0 aliphatic carbocycles. The van der Waals surface area contributed by atoms with Crippen LogP contribution in [0.2, 0.25) is 0 Å². The van der Waals surface area contributed by atoms with Crippen LogP contribution in [0.15, 0.2) is 66.2 Å². The average molecular weight is 556 g/mol. The predicted molar refractivity (Wildman–Crippen MR) is 162 cm³/mol. The van der Waals surface area contributed by atoms with Gasteiger partial charge in [-0.2, -0.15) is 0 Å². The highest BCUT2D eigenvalue weighted by Crippen LogP contribution is 2.42. The van der Waals surface area contributed by atoms with Crippen molar-refractivity contribution in [1.82, 2.24) is 4.90 Å². The van der Waals surface area contributed by atoms with E-state index in [2.05, 4.69) is 20.8 Å². The lowest BCUT2D eigenvalue weighted by atomic mass is 9.85. The molecule has 6 heteroatoms. The third-order valence-electron chi connectivity index (χ3n) is 7.65. The Morgan fingerprint density at radius 2 is 1.71 bits per heavy atom. The Bertz CT molecular complexity index is 1480. The summed E-state index contributed by atoms with van der Waals surface area (Å²) in [6, 6.07) is 18.5. The number of aliphatic hydroxyl groups excluding tert-OH is 1. The molecule has 41 heavy (non-hydrogen) atoms. The van der Waals surface area contributed by atoms with E-state index in [1.165, 1.54) is 0 Å². The molecule has 1 atom stereocenters. The average Bonchev–Trinajstić information content (AvgIpc) is 3.17. The zero-order chi connectivity index (χ0) is 30.1. The van der Waals surface area contributed by atoms with Crippen molar-refractivity contribution in [3.8, 4) is 11.5 Å². The summed E-state index contributed by atoms with van der Waals surface area (Å²) in [5.41, 5.74) is 4.92. The van der Waals surface area contributed by atoms with Gasteiger partial charge in [-0.1, -0.05) is 71.0 Å². The molecule has 0 radical (unpaired) electrons. The first-order valence-corrected chi connectivity index (χ1v) is 14.2. The Labute approximate surface area is 243 Å². The van der Waals surface area contributed by atoms with Gasteiger partial charge < -0.3 is 19.5 Å². The van der Waals surface area contributed by atoms with Gasteiger partial charge in [-0.05, 0) is 77.3 Å². The first-order chi connectivity index (χ1) is 19.4. The third kappa shape index (κ3) is 6.02. The Kier molecular flexibility index (Phi) is 8.62. The highest BCUT2D eigenvalue weighted by Gasteiger charge is 2.46. The number of Topliss-reactive ketones (excluding diaryl/α,β-unsaturated/α-hetero) is 1. The molecule has 3 aromatic rings. The van der Waals surface area contributed by atoms with Crippen molar-refractivity contribution in [2.75, 3.05) is 13.7 Å². The van der Waals surface area contributed by atoms with Gasteiger partial charge in [-0.3, -0.25) is 9.59 Å². The molecule has 3 aromatic carbocycles. The van der Waals surface area contributed by atoms with E-state index in [1.54, 1.807) is 12.0 Å². The molecule has 1 saturated heterocycles. The minimum atomic E-state index is -0.760. The van der Waals surface area contributed by atoms with Gasteiger partial charge in [-0.25, -0.2) is 0 Å². The Morgan fingerprint density at radius 1 is 1.02 bits per heavy atom. The number of nitrogens with zero attached hydrogens (tertiary/aromatic N) is 1. The van der Waals surface area contributed by atoms with Crippen molar-refractivity contribution in [2.24, 2.45) is 0 Å². The second-order valence-electron chi connectivity index (χ2n) is 11.9. The number of rotatable bonds is 8. The van der Waals surface area contributed by atoms with Crippen LogP contribution in [0.1, 0.15) is 86.9 Å². The molecule has 1 amide bonds. The van der Waals surface area contributed by atoms with E-state index in [0.717, 1.165) is 33.6 Å². The van der Waals surface area contributed by atoms with Crippen molar-refractivity contribution < 1.29 is 24.2 Å². The molecule has 0 saturated carbocycles. The first kappa shape index (κ1) is 29.9. The van der Waals surface area contributed by atoms with Gasteiger partial charge in [0.15, 0.2) is 0 Å². The van der Waals surface area contributed by atoms with Crippen LogP contribution in [0, 0.1) is 6.92 Å². The smallest absolute Gasteiger partial charge is 0.295 e. The Balaban J connectivity index is 1.90. The lowest BCUT2D eigenvalue weighted by molar-refractivity contribution is -0.140. The van der Waals surface area contributed by atoms with Crippen molar-refractivity contribution in [3.05, 3.63) is 99.6 Å². The summed E-state index contributed by atoms with van der Waals surface area (Å²) in [6.07, 6.45) is 0. The number of hydrogen-bond acceptors (Lipinski definition) is 5. The number of carbonyl (C=O) groups is 2. The fourth-order valence-electron chi connectivity index (χ4n) is 5.38. The summed E-state index contributed by atoms with van der Waals surface area (Å²) < 4.78 is 11.3. The molecule has 1 heterocycles. The topological polar surface area (TPSA) is 76.1 Å². The molecule has 4 rings (SSSR count). The number of hydrogen-bond donors (Lipinski definition) is 1. The lowest BCUT2D eigenvalue weighted by Crippen LogP contribution is -2.29. The lowest BCUT2D eigenvalue weighted by Gasteiger charge is -2.27. The zero-order valence-corrected chi connectivity index (χ0v) is 25.4. The number of aryl methyl sites for hydroxylation is 1. The molecule has 1 fully saturated rings. The maximum Gasteiger partial charge on any atom is 0.295 e. The normalized spacial score (nSPS) is 16.9. The van der Waals surface area contributed by atoms with Gasteiger partial charge in [0.2, 0.25) is 0 Å². The largest absolute Gasteiger partial charge is 0.507 e. The summed E-state index contributed by atoms with van der Waals surface area (Å²) >= 11 is 0. The monoisotopic (exact) mass is 555 g/mol. The number of carbonyl (C=O) groups excluding carboxylic acids is 2. The van der Waals surface area contributed by atoms with Crippen LogP contribution in [0.3, 0.4) is 0 Å². The van der Waals surface area contributed by atoms with Crippen LogP contribution in [0.4, 0.5) is 0 Å². The zero-order valence-electron chi connectivity index (χ0n) is 25.4. The van der Waals surface area contributed by atoms with E-state index in [-0.39, 0.29) is 29.2 Å². The summed E-state index contributed by atoms with van der Waals surface area (Å²) in [7, 11) is 1.62. The highest BCUT2D eigenvalue weighted by molar-refractivity contribution is 6.46. The first-order valence-electron chi connectivity index (χ1n) is 14.2. The van der Waals surface area contributed by atoms with Crippen LogP contribution < -0.4 is 9.47 Å². The van der Waals surface area contributed by atoms with Crippen molar-refractivity contribution >= 4 is 17.4 Å². The second-order valence-corrected chi connectivity index (χ2v) is 11.9. The number of methoxy groups -OCH3 is 1. The third-order valence-corrected chi connectivity index (χ3v) is 7.65. The van der Waals surface area contributed by atoms with E-state index in [0.29, 0.717) is 17.9 Å². The van der Waals surface area contributed by atoms with Crippen LogP contribution >= 0.6 is 0 Å². The fraction of sp³-hybridized carbons (Fsp3) is 0.371. The fourth-order valence-corrected chi connectivity index (χ4v) is 5.38. The minimum absolute atomic E-state index is 0.0620. The quantitative estimate of drug-likeness (QED) is 0.178. The summed E-state index contributed by atoms with van der Waals surface area (Å²) in [5.74, 6) is 0.0163. The maximum atomic E-state index is 13.7. The predicted octanol–water partition coefficient (Wildman–Crippen LogP) is 7.45. The van der Waals surface area contributed by atoms with Gasteiger partial charge in [0.1, 0.15) is 17.3 Å². The molecule has 1 N–H and O–H groups in total. The van der Waals surface area contributed by atoms with Crippen molar-refractivity contribution in [3.63, 3.8) is 0 Å². The highest BCUT2D eigenvalue weighted by atomic mass is 16.5. The molecule has 6 nitrogen and oxygen atoms in total. The number of likely N-dealkylation sites (tertiary alicyclic amines) is 1. The number of benzene rings is 3.